The van der Waals surface area contributed by atoms with Gasteiger partial charge in [-0.25, -0.2) is 8.42 Å². The minimum absolute atomic E-state index is 0.00746. The summed E-state index contributed by atoms with van der Waals surface area (Å²) in [6, 6.07) is 12.2. The van der Waals surface area contributed by atoms with E-state index in [-0.39, 0.29) is 39.2 Å². The van der Waals surface area contributed by atoms with Gasteiger partial charge in [-0.15, -0.1) is 0 Å². The van der Waals surface area contributed by atoms with Crippen LogP contribution in [0.5, 0.6) is 0 Å². The number of rotatable bonds is 8. The zero-order valence-electron chi connectivity index (χ0n) is 18.2. The second-order valence-electron chi connectivity index (χ2n) is 7.79. The molecule has 0 spiro atoms. The van der Waals surface area contributed by atoms with Gasteiger partial charge < -0.3 is 9.64 Å². The third-order valence-electron chi connectivity index (χ3n) is 5.49. The third kappa shape index (κ3) is 6.69. The minimum Gasteiger partial charge on any atom is -0.466 e. The van der Waals surface area contributed by atoms with Gasteiger partial charge in [0.25, 0.3) is 0 Å². The molecule has 0 radical (unpaired) electrons. The summed E-state index contributed by atoms with van der Waals surface area (Å²) in [5.41, 5.74) is 0.803. The van der Waals surface area contributed by atoms with Crippen molar-refractivity contribution in [2.24, 2.45) is 5.92 Å². The minimum atomic E-state index is -4.14. The Bertz CT molecular complexity index is 1090. The predicted octanol–water partition coefficient (Wildman–Crippen LogP) is 3.68. The highest BCUT2D eigenvalue weighted by Gasteiger charge is 2.34. The lowest BCUT2D eigenvalue weighted by Crippen LogP contribution is -2.52. The summed E-state index contributed by atoms with van der Waals surface area (Å²) in [5, 5.41) is 0.222. The molecule has 1 fully saturated rings. The van der Waals surface area contributed by atoms with E-state index in [1.807, 2.05) is 30.3 Å². The molecule has 7 nitrogen and oxygen atoms in total. The molecule has 0 unspecified atom stereocenters. The van der Waals surface area contributed by atoms with Crippen LogP contribution in [0.3, 0.4) is 0 Å². The molecule has 0 saturated carbocycles. The molecule has 1 aliphatic rings. The number of nitrogens with one attached hydrogen (secondary N) is 1. The number of hydrogen-bond donors (Lipinski definition) is 1. The quantitative estimate of drug-likeness (QED) is 0.544. The van der Waals surface area contributed by atoms with Gasteiger partial charge in [0.15, 0.2) is 0 Å². The normalized spacial score (nSPS) is 15.8. The van der Waals surface area contributed by atoms with Gasteiger partial charge >= 0.3 is 5.97 Å². The number of carbonyl (C=O) groups is 2. The molecule has 3 rings (SSSR count). The fourth-order valence-corrected chi connectivity index (χ4v) is 5.73. The predicted molar refractivity (Wildman–Crippen MR) is 127 cm³/mol. The van der Waals surface area contributed by atoms with Crippen LogP contribution >= 0.6 is 23.2 Å². The van der Waals surface area contributed by atoms with E-state index in [0.717, 1.165) is 5.56 Å². The largest absolute Gasteiger partial charge is 0.466 e. The molecule has 2 aromatic carbocycles. The van der Waals surface area contributed by atoms with Crippen molar-refractivity contribution >= 4 is 45.1 Å². The van der Waals surface area contributed by atoms with E-state index in [1.54, 1.807) is 11.8 Å². The van der Waals surface area contributed by atoms with Crippen LogP contribution in [0, 0.1) is 5.92 Å². The van der Waals surface area contributed by atoms with Crippen LogP contribution in [0.25, 0.3) is 0 Å². The highest BCUT2D eigenvalue weighted by atomic mass is 35.5. The Balaban J connectivity index is 1.80. The molecular weight excluding hydrogens is 487 g/mol. The number of carbonyl (C=O) groups excluding carboxylic acids is 2. The second-order valence-corrected chi connectivity index (χ2v) is 10.3. The van der Waals surface area contributed by atoms with Crippen LogP contribution in [0.15, 0.2) is 53.4 Å². The van der Waals surface area contributed by atoms with E-state index >= 15 is 0 Å². The summed E-state index contributed by atoms with van der Waals surface area (Å²) in [7, 11) is -4.14. The van der Waals surface area contributed by atoms with Crippen molar-refractivity contribution in [3.8, 4) is 0 Å². The second kappa shape index (κ2) is 11.3. The number of hydrogen-bond acceptors (Lipinski definition) is 5. The van der Waals surface area contributed by atoms with Crippen molar-refractivity contribution in [2.45, 2.75) is 37.1 Å². The van der Waals surface area contributed by atoms with Crippen molar-refractivity contribution in [1.82, 2.24) is 9.62 Å². The van der Waals surface area contributed by atoms with Crippen LogP contribution in [-0.2, 0) is 30.8 Å². The van der Waals surface area contributed by atoms with Gasteiger partial charge in [0.2, 0.25) is 15.9 Å². The molecule has 0 aromatic heterocycles. The number of sulfonamides is 1. The first-order valence-electron chi connectivity index (χ1n) is 10.7. The van der Waals surface area contributed by atoms with Crippen LogP contribution in [0.1, 0.15) is 25.3 Å². The van der Waals surface area contributed by atoms with E-state index in [0.29, 0.717) is 32.5 Å². The molecule has 1 N–H and O–H groups in total. The lowest BCUT2D eigenvalue weighted by molar-refractivity contribution is -0.151. The van der Waals surface area contributed by atoms with Gasteiger partial charge in [-0.1, -0.05) is 53.5 Å². The van der Waals surface area contributed by atoms with E-state index in [1.165, 1.54) is 18.2 Å². The van der Waals surface area contributed by atoms with Gasteiger partial charge in [-0.3, -0.25) is 9.59 Å². The summed E-state index contributed by atoms with van der Waals surface area (Å²) in [6.07, 6.45) is 1.10. The van der Waals surface area contributed by atoms with Gasteiger partial charge in [0.05, 0.1) is 17.5 Å². The molecule has 1 heterocycles. The number of amides is 1. The molecule has 10 heteroatoms. The SMILES string of the molecule is CCOC(=O)C1CCN(C(=O)[C@@H](Cc2ccccc2)NS(=O)(=O)c2cc(Cl)ccc2Cl)CC1. The molecule has 0 aliphatic carbocycles. The van der Waals surface area contributed by atoms with Crippen molar-refractivity contribution < 1.29 is 22.7 Å². The van der Waals surface area contributed by atoms with Crippen molar-refractivity contribution in [1.29, 1.82) is 0 Å². The Morgan fingerprint density at radius 2 is 1.79 bits per heavy atom. The van der Waals surface area contributed by atoms with E-state index < -0.39 is 16.1 Å². The number of nitrogens with zero attached hydrogens (tertiary/aromatic N) is 1. The fraction of sp³-hybridized carbons (Fsp3) is 0.391. The molecule has 1 atom stereocenters. The van der Waals surface area contributed by atoms with E-state index in [9.17, 15) is 18.0 Å². The molecular formula is C23H26Cl2N2O5S. The third-order valence-corrected chi connectivity index (χ3v) is 7.68. The van der Waals surface area contributed by atoms with Crippen LogP contribution in [0.2, 0.25) is 10.0 Å². The number of esters is 1. The Kier molecular flexibility index (Phi) is 8.75. The van der Waals surface area contributed by atoms with Gasteiger partial charge in [0.1, 0.15) is 10.9 Å². The van der Waals surface area contributed by atoms with E-state index in [2.05, 4.69) is 4.72 Å². The van der Waals surface area contributed by atoms with Gasteiger partial charge in [-0.2, -0.15) is 4.72 Å². The summed E-state index contributed by atoms with van der Waals surface area (Å²) < 4.78 is 33.8. The maximum atomic E-state index is 13.4. The zero-order chi connectivity index (χ0) is 24.0. The molecule has 33 heavy (non-hydrogen) atoms. The van der Waals surface area contributed by atoms with Crippen LogP contribution in [-0.4, -0.2) is 50.9 Å². The smallest absolute Gasteiger partial charge is 0.309 e. The Morgan fingerprint density at radius 1 is 1.12 bits per heavy atom. The van der Waals surface area contributed by atoms with Crippen molar-refractivity contribution in [2.75, 3.05) is 19.7 Å². The number of piperidine rings is 1. The van der Waals surface area contributed by atoms with Crippen molar-refractivity contribution in [3.05, 3.63) is 64.1 Å². The number of benzene rings is 2. The average molecular weight is 513 g/mol. The average Bonchev–Trinajstić information content (AvgIpc) is 2.80. The fourth-order valence-electron chi connectivity index (χ4n) is 3.78. The molecule has 2 aromatic rings. The summed E-state index contributed by atoms with van der Waals surface area (Å²) in [6.45, 7) is 2.74. The van der Waals surface area contributed by atoms with Gasteiger partial charge in [0, 0.05) is 18.1 Å². The molecule has 1 saturated heterocycles. The molecule has 1 aliphatic heterocycles. The van der Waals surface area contributed by atoms with Crippen molar-refractivity contribution in [3.63, 3.8) is 0 Å². The summed E-state index contributed by atoms with van der Waals surface area (Å²) >= 11 is 12.1. The Hall–Kier alpha value is -2.13. The lowest BCUT2D eigenvalue weighted by Gasteiger charge is -2.33. The molecule has 1 amide bonds. The maximum Gasteiger partial charge on any atom is 0.309 e. The first-order chi connectivity index (χ1) is 15.7. The Morgan fingerprint density at radius 3 is 2.42 bits per heavy atom. The maximum absolute atomic E-state index is 13.4. The highest BCUT2D eigenvalue weighted by Crippen LogP contribution is 2.26. The van der Waals surface area contributed by atoms with E-state index in [4.69, 9.17) is 27.9 Å². The first-order valence-corrected chi connectivity index (χ1v) is 12.9. The standard InChI is InChI=1S/C23H26Cl2N2O5S/c1-2-32-23(29)17-10-12-27(13-11-17)22(28)20(14-16-6-4-3-5-7-16)26-33(30,31)21-15-18(24)8-9-19(21)25/h3-9,15,17,20,26H,2,10-14H2,1H3/t20-/m1/s1. The van der Waals surface area contributed by atoms with Crippen LogP contribution < -0.4 is 4.72 Å². The zero-order valence-corrected chi connectivity index (χ0v) is 20.5. The summed E-state index contributed by atoms with van der Waals surface area (Å²) in [4.78, 5) is 26.8. The Labute approximate surface area is 204 Å². The topological polar surface area (TPSA) is 92.8 Å². The number of ether oxygens (including phenoxy) is 1. The molecule has 178 valence electrons. The highest BCUT2D eigenvalue weighted by molar-refractivity contribution is 7.89. The van der Waals surface area contributed by atoms with Crippen LogP contribution in [0.4, 0.5) is 0 Å². The lowest BCUT2D eigenvalue weighted by atomic mass is 9.96. The number of likely N-dealkylation sites (tertiary alicyclic amines) is 1. The molecule has 0 bridgehead atoms. The van der Waals surface area contributed by atoms with Gasteiger partial charge in [-0.05, 0) is 49.9 Å². The first kappa shape index (κ1) is 25.5. The number of halogens is 2. The summed E-state index contributed by atoms with van der Waals surface area (Å²) in [5.74, 6) is -0.881. The monoisotopic (exact) mass is 512 g/mol.